The second kappa shape index (κ2) is 6.76. The summed E-state index contributed by atoms with van der Waals surface area (Å²) in [6.07, 6.45) is 4.83. The Morgan fingerprint density at radius 2 is 1.95 bits per heavy atom. The van der Waals surface area contributed by atoms with Crippen LogP contribution in [0.2, 0.25) is 5.02 Å². The van der Waals surface area contributed by atoms with Crippen LogP contribution in [0.15, 0.2) is 30.3 Å². The van der Waals surface area contributed by atoms with E-state index < -0.39 is 0 Å². The summed E-state index contributed by atoms with van der Waals surface area (Å²) in [5.41, 5.74) is 6.25. The van der Waals surface area contributed by atoms with Crippen LogP contribution in [-0.4, -0.2) is 29.3 Å². The average Bonchev–Trinajstić information content (AvgIpc) is 2.46. The Morgan fingerprint density at radius 3 is 2.57 bits per heavy atom. The number of primary amides is 1. The number of nitrogens with zero attached hydrogens (tertiary/aromatic N) is 1. The Balaban J connectivity index is 2.04. The van der Waals surface area contributed by atoms with Crippen molar-refractivity contribution in [3.63, 3.8) is 0 Å². The number of rotatable bonds is 3. The molecule has 1 aromatic rings. The standard InChI is InChI=1S/C16H19ClN2O2/c1-11-2-6-13(16(18)21)10-19(11)15(20)9-5-12-3-7-14(17)8-4-12/h3-5,7-9,11,13H,2,6,10H2,1H3,(H2,18,21)/b9-5-/t11-,13+/m1/s1. The molecule has 1 aromatic carbocycles. The fourth-order valence-electron chi connectivity index (χ4n) is 2.48. The summed E-state index contributed by atoms with van der Waals surface area (Å²) in [4.78, 5) is 25.3. The molecule has 0 unspecified atom stereocenters. The van der Waals surface area contributed by atoms with Crippen LogP contribution in [0.5, 0.6) is 0 Å². The molecule has 2 atom stereocenters. The fourth-order valence-corrected chi connectivity index (χ4v) is 2.61. The number of carbonyl (C=O) groups is 2. The first-order valence-electron chi connectivity index (χ1n) is 7.01. The van der Waals surface area contributed by atoms with Crippen molar-refractivity contribution in [2.24, 2.45) is 11.7 Å². The number of hydrogen-bond donors (Lipinski definition) is 1. The van der Waals surface area contributed by atoms with Crippen molar-refractivity contribution in [3.8, 4) is 0 Å². The number of benzene rings is 1. The summed E-state index contributed by atoms with van der Waals surface area (Å²) in [6, 6.07) is 7.37. The third-order valence-electron chi connectivity index (χ3n) is 3.86. The monoisotopic (exact) mass is 306 g/mol. The third-order valence-corrected chi connectivity index (χ3v) is 4.11. The van der Waals surface area contributed by atoms with Crippen molar-refractivity contribution in [1.29, 1.82) is 0 Å². The maximum atomic E-state index is 12.3. The lowest BCUT2D eigenvalue weighted by molar-refractivity contribution is -0.133. The van der Waals surface area contributed by atoms with E-state index in [1.165, 1.54) is 6.08 Å². The molecule has 0 aliphatic carbocycles. The lowest BCUT2D eigenvalue weighted by Gasteiger charge is -2.36. The molecule has 0 saturated carbocycles. The summed E-state index contributed by atoms with van der Waals surface area (Å²) < 4.78 is 0. The molecular weight excluding hydrogens is 288 g/mol. The van der Waals surface area contributed by atoms with Crippen molar-refractivity contribution in [3.05, 3.63) is 40.9 Å². The number of amides is 2. The van der Waals surface area contributed by atoms with Gasteiger partial charge in [-0.1, -0.05) is 23.7 Å². The Kier molecular flexibility index (Phi) is 5.02. The summed E-state index contributed by atoms with van der Waals surface area (Å²) in [7, 11) is 0. The zero-order valence-electron chi connectivity index (χ0n) is 12.0. The molecule has 1 fully saturated rings. The van der Waals surface area contributed by atoms with E-state index in [9.17, 15) is 9.59 Å². The van der Waals surface area contributed by atoms with Gasteiger partial charge in [0.05, 0.1) is 5.92 Å². The molecule has 2 amide bonds. The van der Waals surface area contributed by atoms with Gasteiger partial charge in [0.25, 0.3) is 0 Å². The number of piperidine rings is 1. The SMILES string of the molecule is C[C@@H]1CC[C@H](C(N)=O)CN1C(=O)/C=C\c1ccc(Cl)cc1. The molecule has 0 bridgehead atoms. The van der Waals surface area contributed by atoms with Gasteiger partial charge < -0.3 is 10.6 Å². The lowest BCUT2D eigenvalue weighted by Crippen LogP contribution is -2.48. The predicted molar refractivity (Wildman–Crippen MR) is 83.6 cm³/mol. The second-order valence-corrected chi connectivity index (χ2v) is 5.84. The number of halogens is 1. The normalized spacial score (nSPS) is 22.5. The summed E-state index contributed by atoms with van der Waals surface area (Å²) >= 11 is 5.82. The molecular formula is C16H19ClN2O2. The molecule has 5 heteroatoms. The van der Waals surface area contributed by atoms with Crippen LogP contribution in [0, 0.1) is 5.92 Å². The Labute approximate surface area is 129 Å². The molecule has 2 rings (SSSR count). The zero-order valence-corrected chi connectivity index (χ0v) is 12.7. The summed E-state index contributed by atoms with van der Waals surface area (Å²) in [6.45, 7) is 2.39. The molecule has 112 valence electrons. The van der Waals surface area contributed by atoms with Gasteiger partial charge in [0, 0.05) is 23.7 Å². The Hall–Kier alpha value is -1.81. The van der Waals surface area contributed by atoms with Gasteiger partial charge in [0.15, 0.2) is 0 Å². The van der Waals surface area contributed by atoms with Crippen LogP contribution in [-0.2, 0) is 9.59 Å². The molecule has 0 spiro atoms. The fraction of sp³-hybridized carbons (Fsp3) is 0.375. The van der Waals surface area contributed by atoms with Crippen LogP contribution in [0.1, 0.15) is 25.3 Å². The molecule has 1 saturated heterocycles. The first-order chi connectivity index (χ1) is 9.97. The van der Waals surface area contributed by atoms with Gasteiger partial charge in [-0.25, -0.2) is 0 Å². The van der Waals surface area contributed by atoms with E-state index in [1.54, 1.807) is 23.1 Å². The van der Waals surface area contributed by atoms with E-state index in [2.05, 4.69) is 0 Å². The van der Waals surface area contributed by atoms with E-state index in [4.69, 9.17) is 17.3 Å². The van der Waals surface area contributed by atoms with Gasteiger partial charge in [-0.3, -0.25) is 9.59 Å². The van der Waals surface area contributed by atoms with Gasteiger partial charge in [0.1, 0.15) is 0 Å². The molecule has 1 aliphatic heterocycles. The highest BCUT2D eigenvalue weighted by Gasteiger charge is 2.30. The number of hydrogen-bond acceptors (Lipinski definition) is 2. The third kappa shape index (κ3) is 4.08. The minimum absolute atomic E-state index is 0.0941. The van der Waals surface area contributed by atoms with Crippen molar-refractivity contribution in [1.82, 2.24) is 4.90 Å². The average molecular weight is 307 g/mol. The van der Waals surface area contributed by atoms with Crippen molar-refractivity contribution in [2.75, 3.05) is 6.54 Å². The van der Waals surface area contributed by atoms with Crippen LogP contribution in [0.25, 0.3) is 6.08 Å². The molecule has 0 aromatic heterocycles. The van der Waals surface area contributed by atoms with Crippen LogP contribution in [0.3, 0.4) is 0 Å². The van der Waals surface area contributed by atoms with Gasteiger partial charge in [0.2, 0.25) is 11.8 Å². The van der Waals surface area contributed by atoms with Gasteiger partial charge >= 0.3 is 0 Å². The first-order valence-corrected chi connectivity index (χ1v) is 7.38. The lowest BCUT2D eigenvalue weighted by atomic mass is 9.93. The Morgan fingerprint density at radius 1 is 1.29 bits per heavy atom. The van der Waals surface area contributed by atoms with Gasteiger partial charge in [-0.2, -0.15) is 0 Å². The molecule has 21 heavy (non-hydrogen) atoms. The number of likely N-dealkylation sites (tertiary alicyclic amines) is 1. The van der Waals surface area contributed by atoms with Crippen LogP contribution in [0.4, 0.5) is 0 Å². The smallest absolute Gasteiger partial charge is 0.246 e. The topological polar surface area (TPSA) is 63.4 Å². The molecule has 0 radical (unpaired) electrons. The molecule has 1 heterocycles. The van der Waals surface area contributed by atoms with Gasteiger partial charge in [-0.05, 0) is 43.5 Å². The van der Waals surface area contributed by atoms with E-state index >= 15 is 0 Å². The van der Waals surface area contributed by atoms with E-state index in [0.29, 0.717) is 11.6 Å². The van der Waals surface area contributed by atoms with Crippen molar-refractivity contribution >= 4 is 29.5 Å². The maximum Gasteiger partial charge on any atom is 0.246 e. The van der Waals surface area contributed by atoms with E-state index in [0.717, 1.165) is 18.4 Å². The largest absolute Gasteiger partial charge is 0.369 e. The summed E-state index contributed by atoms with van der Waals surface area (Å²) in [5.74, 6) is -0.668. The van der Waals surface area contributed by atoms with E-state index in [-0.39, 0.29) is 23.8 Å². The first kappa shape index (κ1) is 15.6. The minimum atomic E-state index is -0.332. The number of nitrogens with two attached hydrogens (primary N) is 1. The second-order valence-electron chi connectivity index (χ2n) is 5.40. The van der Waals surface area contributed by atoms with Crippen LogP contribution < -0.4 is 5.73 Å². The highest BCUT2D eigenvalue weighted by atomic mass is 35.5. The quantitative estimate of drug-likeness (QED) is 0.872. The summed E-state index contributed by atoms with van der Waals surface area (Å²) in [5, 5.41) is 0.660. The molecule has 2 N–H and O–H groups in total. The maximum absolute atomic E-state index is 12.3. The Bertz CT molecular complexity index is 554. The molecule has 1 aliphatic rings. The predicted octanol–water partition coefficient (Wildman–Crippen LogP) is 2.47. The zero-order chi connectivity index (χ0) is 15.4. The number of carbonyl (C=O) groups excluding carboxylic acids is 2. The van der Waals surface area contributed by atoms with E-state index in [1.807, 2.05) is 19.1 Å². The van der Waals surface area contributed by atoms with Crippen molar-refractivity contribution in [2.45, 2.75) is 25.8 Å². The highest BCUT2D eigenvalue weighted by molar-refractivity contribution is 6.30. The van der Waals surface area contributed by atoms with Crippen molar-refractivity contribution < 1.29 is 9.59 Å². The van der Waals surface area contributed by atoms with Crippen LogP contribution >= 0.6 is 11.6 Å². The highest BCUT2D eigenvalue weighted by Crippen LogP contribution is 2.22. The van der Waals surface area contributed by atoms with Gasteiger partial charge in [-0.15, -0.1) is 0 Å². The minimum Gasteiger partial charge on any atom is -0.369 e. The molecule has 4 nitrogen and oxygen atoms in total.